The lowest BCUT2D eigenvalue weighted by molar-refractivity contribution is -0.122. The molecule has 1 saturated carbocycles. The number of nitrogens with zero attached hydrogens (tertiary/aromatic N) is 3. The molecule has 7 heteroatoms. The van der Waals surface area contributed by atoms with Gasteiger partial charge >= 0.3 is 0 Å². The predicted octanol–water partition coefficient (Wildman–Crippen LogP) is 1.84. The number of amides is 1. The Labute approximate surface area is 172 Å². The lowest BCUT2D eigenvalue weighted by Gasteiger charge is -2.36. The van der Waals surface area contributed by atoms with Crippen molar-refractivity contribution in [3.05, 3.63) is 36.1 Å². The molecule has 156 valence electrons. The number of guanidine groups is 1. The van der Waals surface area contributed by atoms with Crippen molar-refractivity contribution in [3.8, 4) is 0 Å². The first-order valence-corrected chi connectivity index (χ1v) is 10.7. The lowest BCUT2D eigenvalue weighted by atomic mass is 10.2. The van der Waals surface area contributed by atoms with Crippen molar-refractivity contribution in [2.45, 2.75) is 32.2 Å². The van der Waals surface area contributed by atoms with Crippen LogP contribution in [-0.2, 0) is 11.2 Å². The topological polar surface area (TPSA) is 73.1 Å². The molecule has 1 aromatic carbocycles. The van der Waals surface area contributed by atoms with Crippen LogP contribution in [-0.4, -0.2) is 73.5 Å². The van der Waals surface area contributed by atoms with Gasteiger partial charge in [-0.1, -0.05) is 18.2 Å². The maximum Gasteiger partial charge on any atom is 0.234 e. The molecule has 0 atom stereocenters. The Balaban J connectivity index is 1.27. The number of hydrogen-bond acceptors (Lipinski definition) is 4. The molecule has 2 aromatic rings. The smallest absolute Gasteiger partial charge is 0.234 e. The normalized spacial score (nSPS) is 18.2. The first kappa shape index (κ1) is 19.8. The molecule has 2 aliphatic rings. The lowest BCUT2D eigenvalue weighted by Crippen LogP contribution is -2.54. The summed E-state index contributed by atoms with van der Waals surface area (Å²) in [5, 5.41) is 7.61. The molecular formula is C22H31N5O2. The van der Waals surface area contributed by atoms with Crippen molar-refractivity contribution < 1.29 is 9.21 Å². The Kier molecular flexibility index (Phi) is 6.34. The number of rotatable bonds is 7. The molecule has 29 heavy (non-hydrogen) atoms. The number of furan rings is 1. The number of benzene rings is 1. The Morgan fingerprint density at radius 1 is 1.21 bits per heavy atom. The van der Waals surface area contributed by atoms with Crippen molar-refractivity contribution in [2.24, 2.45) is 4.99 Å². The summed E-state index contributed by atoms with van der Waals surface area (Å²) >= 11 is 0. The summed E-state index contributed by atoms with van der Waals surface area (Å²) in [6.07, 6.45) is 3.05. The summed E-state index contributed by atoms with van der Waals surface area (Å²) in [5.41, 5.74) is 0.931. The van der Waals surface area contributed by atoms with Crippen LogP contribution in [0.3, 0.4) is 0 Å². The number of hydrogen-bond donors (Lipinski definition) is 2. The van der Waals surface area contributed by atoms with E-state index in [2.05, 4.69) is 39.5 Å². The maximum absolute atomic E-state index is 12.0. The number of carbonyl (C=O) groups excluding carboxylic acids is 1. The fourth-order valence-electron chi connectivity index (χ4n) is 3.68. The minimum Gasteiger partial charge on any atom is -0.461 e. The van der Waals surface area contributed by atoms with Crippen LogP contribution >= 0.6 is 0 Å². The van der Waals surface area contributed by atoms with Crippen LogP contribution < -0.4 is 10.6 Å². The summed E-state index contributed by atoms with van der Waals surface area (Å²) in [7, 11) is 0. The minimum absolute atomic E-state index is 0.160. The van der Waals surface area contributed by atoms with Gasteiger partial charge in [0.2, 0.25) is 5.91 Å². The van der Waals surface area contributed by atoms with E-state index in [0.29, 0.717) is 19.1 Å². The summed E-state index contributed by atoms with van der Waals surface area (Å²) in [6, 6.07) is 10.6. The summed E-state index contributed by atoms with van der Waals surface area (Å²) in [6.45, 7) is 7.65. The second-order valence-electron chi connectivity index (χ2n) is 7.84. The van der Waals surface area contributed by atoms with Crippen LogP contribution in [0.4, 0.5) is 0 Å². The molecule has 2 heterocycles. The quantitative estimate of drug-likeness (QED) is 0.551. The number of para-hydroxylation sites is 1. The Morgan fingerprint density at radius 3 is 2.72 bits per heavy atom. The second kappa shape index (κ2) is 9.31. The minimum atomic E-state index is 0.160. The van der Waals surface area contributed by atoms with Gasteiger partial charge in [0.1, 0.15) is 11.3 Å². The fourth-order valence-corrected chi connectivity index (χ4v) is 3.68. The average Bonchev–Trinajstić information content (AvgIpc) is 3.43. The van der Waals surface area contributed by atoms with Gasteiger partial charge in [0.15, 0.2) is 5.96 Å². The molecule has 0 bridgehead atoms. The molecular weight excluding hydrogens is 366 g/mol. The van der Waals surface area contributed by atoms with E-state index in [4.69, 9.17) is 9.41 Å². The molecule has 1 aliphatic carbocycles. The molecule has 2 fully saturated rings. The van der Waals surface area contributed by atoms with Crippen LogP contribution in [0.1, 0.15) is 25.5 Å². The zero-order valence-corrected chi connectivity index (χ0v) is 17.2. The van der Waals surface area contributed by atoms with E-state index in [1.54, 1.807) is 0 Å². The zero-order chi connectivity index (χ0) is 20.1. The van der Waals surface area contributed by atoms with Crippen LogP contribution in [0.5, 0.6) is 0 Å². The molecule has 0 unspecified atom stereocenters. The second-order valence-corrected chi connectivity index (χ2v) is 7.84. The largest absolute Gasteiger partial charge is 0.461 e. The van der Waals surface area contributed by atoms with E-state index >= 15 is 0 Å². The Morgan fingerprint density at radius 2 is 2.00 bits per heavy atom. The van der Waals surface area contributed by atoms with E-state index < -0.39 is 0 Å². The van der Waals surface area contributed by atoms with Crippen LogP contribution in [0.25, 0.3) is 11.0 Å². The third kappa shape index (κ3) is 5.50. The van der Waals surface area contributed by atoms with Gasteiger partial charge < -0.3 is 20.0 Å². The number of carbonyl (C=O) groups is 1. The van der Waals surface area contributed by atoms with E-state index in [9.17, 15) is 4.79 Å². The van der Waals surface area contributed by atoms with Crippen LogP contribution in [0.15, 0.2) is 39.7 Å². The van der Waals surface area contributed by atoms with Gasteiger partial charge in [-0.15, -0.1) is 0 Å². The number of nitrogens with one attached hydrogen (secondary N) is 2. The van der Waals surface area contributed by atoms with E-state index in [1.807, 2.05) is 18.2 Å². The number of aliphatic imine (C=N–C) groups is 1. The van der Waals surface area contributed by atoms with Crippen molar-refractivity contribution in [1.29, 1.82) is 0 Å². The van der Waals surface area contributed by atoms with Gasteiger partial charge in [-0.05, 0) is 31.9 Å². The molecule has 1 saturated heterocycles. The molecule has 1 aliphatic heterocycles. The van der Waals surface area contributed by atoms with Gasteiger partial charge in [-0.3, -0.25) is 14.7 Å². The van der Waals surface area contributed by atoms with Crippen molar-refractivity contribution in [1.82, 2.24) is 20.4 Å². The van der Waals surface area contributed by atoms with Gasteiger partial charge in [0, 0.05) is 57.1 Å². The highest BCUT2D eigenvalue weighted by Crippen LogP contribution is 2.19. The standard InChI is InChI=1S/C22H31N5O2/c1-2-23-22(24-10-9-19-15-17-5-3-4-6-20(17)29-19)27-13-11-26(12-14-27)16-21(28)25-18-7-8-18/h3-6,15,18H,2,7-14,16H2,1H3,(H,23,24)(H,25,28). The highest BCUT2D eigenvalue weighted by molar-refractivity contribution is 5.81. The summed E-state index contributed by atoms with van der Waals surface area (Å²) < 4.78 is 5.89. The van der Waals surface area contributed by atoms with E-state index in [-0.39, 0.29) is 5.91 Å². The van der Waals surface area contributed by atoms with Gasteiger partial charge in [0.25, 0.3) is 0 Å². The third-order valence-electron chi connectivity index (χ3n) is 5.41. The Hall–Kier alpha value is -2.54. The SMILES string of the molecule is CCNC(=NCCc1cc2ccccc2o1)N1CCN(CC(=O)NC2CC2)CC1. The fraction of sp³-hybridized carbons (Fsp3) is 0.545. The Bertz CT molecular complexity index is 817. The van der Waals surface area contributed by atoms with E-state index in [1.165, 1.54) is 0 Å². The molecule has 1 amide bonds. The van der Waals surface area contributed by atoms with Crippen LogP contribution in [0, 0.1) is 0 Å². The summed E-state index contributed by atoms with van der Waals surface area (Å²) in [5.74, 6) is 2.08. The number of piperazine rings is 1. The first-order valence-electron chi connectivity index (χ1n) is 10.7. The molecule has 4 rings (SSSR count). The molecule has 0 spiro atoms. The van der Waals surface area contributed by atoms with Gasteiger partial charge in [-0.25, -0.2) is 0 Å². The van der Waals surface area contributed by atoms with Crippen LogP contribution in [0.2, 0.25) is 0 Å². The van der Waals surface area contributed by atoms with E-state index in [0.717, 1.165) is 74.7 Å². The molecule has 2 N–H and O–H groups in total. The maximum atomic E-state index is 12.0. The monoisotopic (exact) mass is 397 g/mol. The number of fused-ring (bicyclic) bond motifs is 1. The molecule has 1 aromatic heterocycles. The van der Waals surface area contributed by atoms with Gasteiger partial charge in [-0.2, -0.15) is 0 Å². The van der Waals surface area contributed by atoms with Crippen molar-refractivity contribution in [2.75, 3.05) is 45.8 Å². The predicted molar refractivity (Wildman–Crippen MR) is 115 cm³/mol. The third-order valence-corrected chi connectivity index (χ3v) is 5.41. The highest BCUT2D eigenvalue weighted by atomic mass is 16.3. The first-order chi connectivity index (χ1) is 14.2. The van der Waals surface area contributed by atoms with Gasteiger partial charge in [0.05, 0.1) is 6.54 Å². The van der Waals surface area contributed by atoms with Crippen molar-refractivity contribution in [3.63, 3.8) is 0 Å². The highest BCUT2D eigenvalue weighted by Gasteiger charge is 2.25. The zero-order valence-electron chi connectivity index (χ0n) is 17.2. The van der Waals surface area contributed by atoms with Crippen molar-refractivity contribution >= 4 is 22.8 Å². The molecule has 7 nitrogen and oxygen atoms in total. The molecule has 0 radical (unpaired) electrons. The summed E-state index contributed by atoms with van der Waals surface area (Å²) in [4.78, 5) is 21.3. The average molecular weight is 398 g/mol.